The van der Waals surface area contributed by atoms with Gasteiger partial charge in [-0.3, -0.25) is 4.79 Å². The Morgan fingerprint density at radius 2 is 1.68 bits per heavy atom. The average molecular weight is 411 g/mol. The maximum Gasteiger partial charge on any atom is 0.271 e. The average Bonchev–Trinajstić information content (AvgIpc) is 3.06. The minimum Gasteiger partial charge on any atom is -0.378 e. The number of rotatable bonds is 5. The Morgan fingerprint density at radius 1 is 0.968 bits per heavy atom. The van der Waals surface area contributed by atoms with Crippen molar-refractivity contribution < 1.29 is 4.79 Å². The van der Waals surface area contributed by atoms with Gasteiger partial charge in [0.05, 0.1) is 6.21 Å². The highest BCUT2D eigenvalue weighted by Crippen LogP contribution is 2.22. The molecule has 4 rings (SSSR count). The number of hydrogen-bond acceptors (Lipinski definition) is 3. The zero-order valence-electron chi connectivity index (χ0n) is 18.3. The molecule has 0 saturated heterocycles. The Balaban J connectivity index is 1.54. The van der Waals surface area contributed by atoms with Crippen molar-refractivity contribution in [2.24, 2.45) is 5.10 Å². The van der Waals surface area contributed by atoms with E-state index in [-0.39, 0.29) is 5.91 Å². The molecule has 3 aromatic carbocycles. The van der Waals surface area contributed by atoms with Gasteiger partial charge in [-0.25, -0.2) is 5.43 Å². The van der Waals surface area contributed by atoms with Crippen LogP contribution < -0.4 is 10.3 Å². The largest absolute Gasteiger partial charge is 0.378 e. The van der Waals surface area contributed by atoms with E-state index in [4.69, 9.17) is 0 Å². The normalized spacial score (nSPS) is 11.2. The number of carbonyl (C=O) groups is 1. The fourth-order valence-electron chi connectivity index (χ4n) is 3.86. The first kappa shape index (κ1) is 20.4. The maximum absolute atomic E-state index is 12.7. The number of nitrogens with zero attached hydrogens (tertiary/aromatic N) is 3. The second kappa shape index (κ2) is 8.48. The van der Waals surface area contributed by atoms with Gasteiger partial charge in [0, 0.05) is 48.0 Å². The van der Waals surface area contributed by atoms with Gasteiger partial charge in [-0.15, -0.1) is 0 Å². The molecule has 0 aliphatic carbocycles. The lowest BCUT2D eigenvalue weighted by Gasteiger charge is -2.14. The standard InChI is InChI=1S/C26H26N4O/c1-18-16-21(19(2)30(18)23-14-12-22(13-15-23)29(3)4)17-27-28-26(31)25-11-7-9-20-8-5-6-10-24(20)25/h5-17H,1-4H3,(H,28,31)/b27-17-. The molecule has 1 N–H and O–H groups in total. The number of anilines is 1. The van der Waals surface area contributed by atoms with Gasteiger partial charge in [0.15, 0.2) is 0 Å². The van der Waals surface area contributed by atoms with Gasteiger partial charge < -0.3 is 9.47 Å². The van der Waals surface area contributed by atoms with Gasteiger partial charge in [0.25, 0.3) is 5.91 Å². The quantitative estimate of drug-likeness (QED) is 0.369. The number of benzene rings is 3. The van der Waals surface area contributed by atoms with Gasteiger partial charge in [0.2, 0.25) is 0 Å². The fraction of sp³-hybridized carbons (Fsp3) is 0.154. The molecule has 1 amide bonds. The summed E-state index contributed by atoms with van der Waals surface area (Å²) in [6.07, 6.45) is 1.70. The van der Waals surface area contributed by atoms with Crippen LogP contribution in [0.1, 0.15) is 27.3 Å². The van der Waals surface area contributed by atoms with Crippen LogP contribution in [0.15, 0.2) is 77.9 Å². The number of amides is 1. The summed E-state index contributed by atoms with van der Waals surface area (Å²) in [7, 11) is 4.06. The fourth-order valence-corrected chi connectivity index (χ4v) is 3.86. The van der Waals surface area contributed by atoms with Crippen LogP contribution in [0, 0.1) is 13.8 Å². The van der Waals surface area contributed by atoms with Crippen LogP contribution in [0.3, 0.4) is 0 Å². The lowest BCUT2D eigenvalue weighted by molar-refractivity contribution is 0.0957. The van der Waals surface area contributed by atoms with Crippen molar-refractivity contribution in [1.82, 2.24) is 9.99 Å². The molecule has 31 heavy (non-hydrogen) atoms. The van der Waals surface area contributed by atoms with E-state index in [0.717, 1.165) is 39.1 Å². The summed E-state index contributed by atoms with van der Waals surface area (Å²) < 4.78 is 2.19. The summed E-state index contributed by atoms with van der Waals surface area (Å²) in [6, 6.07) is 24.0. The van der Waals surface area contributed by atoms with E-state index in [2.05, 4.69) is 64.2 Å². The maximum atomic E-state index is 12.7. The van der Waals surface area contributed by atoms with Crippen molar-refractivity contribution >= 4 is 28.6 Å². The van der Waals surface area contributed by atoms with Crippen LogP contribution in [-0.2, 0) is 0 Å². The molecule has 4 aromatic rings. The molecule has 0 fully saturated rings. The van der Waals surface area contributed by atoms with E-state index in [0.29, 0.717) is 5.56 Å². The highest BCUT2D eigenvalue weighted by molar-refractivity contribution is 6.07. The predicted octanol–water partition coefficient (Wildman–Crippen LogP) is 5.08. The molecule has 1 heterocycles. The van der Waals surface area contributed by atoms with Crippen LogP contribution in [0.2, 0.25) is 0 Å². The number of carbonyl (C=O) groups excluding carboxylic acids is 1. The lowest BCUT2D eigenvalue weighted by Crippen LogP contribution is -2.18. The minimum atomic E-state index is -0.221. The summed E-state index contributed by atoms with van der Waals surface area (Å²) >= 11 is 0. The van der Waals surface area contributed by atoms with Gasteiger partial charge >= 0.3 is 0 Å². The number of aryl methyl sites for hydroxylation is 1. The topological polar surface area (TPSA) is 49.6 Å². The van der Waals surface area contributed by atoms with E-state index in [1.54, 1.807) is 6.21 Å². The number of nitrogens with one attached hydrogen (secondary N) is 1. The Labute approximate surface area is 182 Å². The number of fused-ring (bicyclic) bond motifs is 1. The monoisotopic (exact) mass is 410 g/mol. The lowest BCUT2D eigenvalue weighted by atomic mass is 10.0. The molecule has 0 saturated carbocycles. The Hall–Kier alpha value is -3.86. The molecule has 0 aliphatic rings. The first-order chi connectivity index (χ1) is 15.0. The van der Waals surface area contributed by atoms with Crippen molar-refractivity contribution in [2.75, 3.05) is 19.0 Å². The van der Waals surface area contributed by atoms with Crippen LogP contribution in [0.4, 0.5) is 5.69 Å². The second-order valence-corrected chi connectivity index (χ2v) is 7.80. The number of aromatic nitrogens is 1. The molecular weight excluding hydrogens is 384 g/mol. The Bertz CT molecular complexity index is 1260. The minimum absolute atomic E-state index is 0.221. The van der Waals surface area contributed by atoms with Gasteiger partial charge in [-0.05, 0) is 61.0 Å². The molecular formula is C26H26N4O. The van der Waals surface area contributed by atoms with E-state index < -0.39 is 0 Å². The predicted molar refractivity (Wildman–Crippen MR) is 129 cm³/mol. The van der Waals surface area contributed by atoms with Crippen molar-refractivity contribution in [2.45, 2.75) is 13.8 Å². The summed E-state index contributed by atoms with van der Waals surface area (Å²) in [5.41, 5.74) is 8.68. The molecule has 0 atom stereocenters. The highest BCUT2D eigenvalue weighted by atomic mass is 16.2. The van der Waals surface area contributed by atoms with Crippen molar-refractivity contribution in [3.05, 3.63) is 95.3 Å². The molecule has 5 nitrogen and oxygen atoms in total. The zero-order chi connectivity index (χ0) is 22.0. The van der Waals surface area contributed by atoms with Gasteiger partial charge in [-0.2, -0.15) is 5.10 Å². The summed E-state index contributed by atoms with van der Waals surface area (Å²) in [5, 5.41) is 6.17. The summed E-state index contributed by atoms with van der Waals surface area (Å²) in [4.78, 5) is 14.8. The van der Waals surface area contributed by atoms with Gasteiger partial charge in [-0.1, -0.05) is 36.4 Å². The Morgan fingerprint density at radius 3 is 2.42 bits per heavy atom. The molecule has 0 aliphatic heterocycles. The van der Waals surface area contributed by atoms with E-state index in [1.807, 2.05) is 56.6 Å². The van der Waals surface area contributed by atoms with E-state index in [9.17, 15) is 4.79 Å². The molecule has 0 radical (unpaired) electrons. The molecule has 0 bridgehead atoms. The molecule has 1 aromatic heterocycles. The zero-order valence-corrected chi connectivity index (χ0v) is 18.3. The van der Waals surface area contributed by atoms with E-state index in [1.165, 1.54) is 0 Å². The third-order valence-corrected chi connectivity index (χ3v) is 5.50. The van der Waals surface area contributed by atoms with Crippen LogP contribution in [0.5, 0.6) is 0 Å². The van der Waals surface area contributed by atoms with Crippen LogP contribution >= 0.6 is 0 Å². The second-order valence-electron chi connectivity index (χ2n) is 7.80. The smallest absolute Gasteiger partial charge is 0.271 e. The van der Waals surface area contributed by atoms with Crippen molar-refractivity contribution in [3.63, 3.8) is 0 Å². The van der Waals surface area contributed by atoms with Crippen LogP contribution in [0.25, 0.3) is 16.5 Å². The number of hydrogen-bond donors (Lipinski definition) is 1. The SMILES string of the molecule is Cc1cc(/C=N\NC(=O)c2cccc3ccccc23)c(C)n1-c1ccc(N(C)C)cc1. The molecule has 0 unspecified atom stereocenters. The first-order valence-electron chi connectivity index (χ1n) is 10.2. The molecule has 0 spiro atoms. The van der Waals surface area contributed by atoms with E-state index >= 15 is 0 Å². The first-order valence-corrected chi connectivity index (χ1v) is 10.2. The van der Waals surface area contributed by atoms with Gasteiger partial charge in [0.1, 0.15) is 0 Å². The summed E-state index contributed by atoms with van der Waals surface area (Å²) in [6.45, 7) is 4.12. The van der Waals surface area contributed by atoms with Crippen molar-refractivity contribution in [3.8, 4) is 5.69 Å². The molecule has 5 heteroatoms. The van der Waals surface area contributed by atoms with Crippen LogP contribution in [-0.4, -0.2) is 30.8 Å². The highest BCUT2D eigenvalue weighted by Gasteiger charge is 2.11. The molecule has 156 valence electrons. The third-order valence-electron chi connectivity index (χ3n) is 5.50. The Kier molecular flexibility index (Phi) is 5.58. The number of hydrazone groups is 1. The van der Waals surface area contributed by atoms with Crippen molar-refractivity contribution in [1.29, 1.82) is 0 Å². The third kappa shape index (κ3) is 4.08. The summed E-state index contributed by atoms with van der Waals surface area (Å²) in [5.74, 6) is -0.221.